The standard InChI is InChI=1S/C20H27N7O/c1-25-12-14-27(15-13-25)24-20(28)17-6-10-26(11-7-17)19-3-2-18(22-23-19)16-4-8-21-9-5-16/h2-5,8-9,17H,6-7,10-15H2,1H3,(H,24,28). The van der Waals surface area contributed by atoms with Gasteiger partial charge in [0.25, 0.3) is 0 Å². The van der Waals surface area contributed by atoms with Gasteiger partial charge in [0.2, 0.25) is 5.91 Å². The topological polar surface area (TPSA) is 77.5 Å². The van der Waals surface area contributed by atoms with Crippen molar-refractivity contribution in [3.05, 3.63) is 36.7 Å². The van der Waals surface area contributed by atoms with Gasteiger partial charge in [-0.1, -0.05) is 0 Å². The maximum atomic E-state index is 12.6. The molecule has 8 heteroatoms. The van der Waals surface area contributed by atoms with E-state index >= 15 is 0 Å². The first-order valence-corrected chi connectivity index (χ1v) is 9.92. The van der Waals surface area contributed by atoms with Crippen molar-refractivity contribution < 1.29 is 4.79 Å². The molecule has 0 spiro atoms. The van der Waals surface area contributed by atoms with E-state index in [1.165, 1.54) is 0 Å². The van der Waals surface area contributed by atoms with Crippen LogP contribution < -0.4 is 10.3 Å². The van der Waals surface area contributed by atoms with Gasteiger partial charge in [0.05, 0.1) is 5.69 Å². The summed E-state index contributed by atoms with van der Waals surface area (Å²) >= 11 is 0. The number of pyridine rings is 1. The van der Waals surface area contributed by atoms with Crippen LogP contribution in [-0.2, 0) is 4.79 Å². The summed E-state index contributed by atoms with van der Waals surface area (Å²) in [6.45, 7) is 5.41. The monoisotopic (exact) mass is 381 g/mol. The van der Waals surface area contributed by atoms with Gasteiger partial charge in [-0.15, -0.1) is 10.2 Å². The first kappa shape index (κ1) is 18.8. The van der Waals surface area contributed by atoms with Crippen LogP contribution in [0.3, 0.4) is 0 Å². The summed E-state index contributed by atoms with van der Waals surface area (Å²) in [6.07, 6.45) is 5.19. The molecule has 0 aliphatic carbocycles. The first-order valence-electron chi connectivity index (χ1n) is 9.92. The molecule has 0 aromatic carbocycles. The normalized spacial score (nSPS) is 19.5. The van der Waals surface area contributed by atoms with Gasteiger partial charge in [-0.2, -0.15) is 0 Å². The first-order chi connectivity index (χ1) is 13.7. The minimum atomic E-state index is 0.0694. The fraction of sp³-hybridized carbons (Fsp3) is 0.500. The van der Waals surface area contributed by atoms with Gasteiger partial charge in [-0.05, 0) is 44.2 Å². The highest BCUT2D eigenvalue weighted by Crippen LogP contribution is 2.23. The van der Waals surface area contributed by atoms with Gasteiger partial charge in [0.15, 0.2) is 5.82 Å². The van der Waals surface area contributed by atoms with Gasteiger partial charge in [0, 0.05) is 63.1 Å². The number of rotatable bonds is 4. The van der Waals surface area contributed by atoms with Crippen LogP contribution in [0.25, 0.3) is 11.3 Å². The summed E-state index contributed by atoms with van der Waals surface area (Å²) in [5.74, 6) is 1.10. The van der Waals surface area contributed by atoms with E-state index in [4.69, 9.17) is 0 Å². The summed E-state index contributed by atoms with van der Waals surface area (Å²) in [5.41, 5.74) is 4.95. The van der Waals surface area contributed by atoms with Gasteiger partial charge in [0.1, 0.15) is 0 Å². The highest BCUT2D eigenvalue weighted by Gasteiger charge is 2.27. The molecule has 2 aromatic rings. The number of hydrogen-bond acceptors (Lipinski definition) is 7. The summed E-state index contributed by atoms with van der Waals surface area (Å²) in [4.78, 5) is 21.1. The third kappa shape index (κ3) is 4.45. The van der Waals surface area contributed by atoms with Crippen molar-refractivity contribution >= 4 is 11.7 Å². The molecule has 0 radical (unpaired) electrons. The van der Waals surface area contributed by atoms with Gasteiger partial charge in [-0.3, -0.25) is 15.2 Å². The van der Waals surface area contributed by atoms with Crippen molar-refractivity contribution in [1.29, 1.82) is 0 Å². The summed E-state index contributed by atoms with van der Waals surface area (Å²) in [6, 6.07) is 7.85. The number of likely N-dealkylation sites (N-methyl/N-ethyl adjacent to an activating group) is 1. The number of nitrogens with zero attached hydrogens (tertiary/aromatic N) is 6. The molecule has 0 saturated carbocycles. The van der Waals surface area contributed by atoms with E-state index in [2.05, 4.69) is 42.5 Å². The summed E-state index contributed by atoms with van der Waals surface area (Å²) < 4.78 is 0. The van der Waals surface area contributed by atoms with Crippen LogP contribution in [0.15, 0.2) is 36.7 Å². The van der Waals surface area contributed by atoms with E-state index < -0.39 is 0 Å². The molecule has 1 amide bonds. The fourth-order valence-corrected chi connectivity index (χ4v) is 3.71. The molecule has 1 N–H and O–H groups in total. The zero-order valence-corrected chi connectivity index (χ0v) is 16.3. The van der Waals surface area contributed by atoms with Crippen LogP contribution in [0.1, 0.15) is 12.8 Å². The molecule has 28 heavy (non-hydrogen) atoms. The number of carbonyl (C=O) groups excluding carboxylic acids is 1. The van der Waals surface area contributed by atoms with Crippen molar-refractivity contribution in [3.8, 4) is 11.3 Å². The highest BCUT2D eigenvalue weighted by atomic mass is 16.2. The quantitative estimate of drug-likeness (QED) is 0.848. The molecule has 0 unspecified atom stereocenters. The molecule has 0 atom stereocenters. The highest BCUT2D eigenvalue weighted by molar-refractivity contribution is 5.78. The van der Waals surface area contributed by atoms with E-state index in [9.17, 15) is 4.79 Å². The number of carbonyl (C=O) groups is 1. The molecule has 8 nitrogen and oxygen atoms in total. The lowest BCUT2D eigenvalue weighted by molar-refractivity contribution is -0.131. The van der Waals surface area contributed by atoms with E-state index in [-0.39, 0.29) is 11.8 Å². The molecular formula is C20H27N7O. The Kier molecular flexibility index (Phi) is 5.78. The van der Waals surface area contributed by atoms with Crippen LogP contribution >= 0.6 is 0 Å². The second-order valence-electron chi connectivity index (χ2n) is 7.54. The second-order valence-corrected chi connectivity index (χ2v) is 7.54. The lowest BCUT2D eigenvalue weighted by atomic mass is 9.96. The Hall–Kier alpha value is -2.58. The zero-order chi connectivity index (χ0) is 19.3. The zero-order valence-electron chi connectivity index (χ0n) is 16.3. The third-order valence-electron chi connectivity index (χ3n) is 5.59. The molecule has 2 aliphatic rings. The number of hydrazine groups is 1. The molecule has 2 aliphatic heterocycles. The van der Waals surface area contributed by atoms with Gasteiger partial charge < -0.3 is 9.80 Å². The number of hydrogen-bond donors (Lipinski definition) is 1. The Bertz CT molecular complexity index is 767. The number of amides is 1. The smallest absolute Gasteiger partial charge is 0.237 e. The van der Waals surface area contributed by atoms with E-state index in [1.807, 2.05) is 24.3 Å². The van der Waals surface area contributed by atoms with Crippen LogP contribution in [0.5, 0.6) is 0 Å². The maximum absolute atomic E-state index is 12.6. The SMILES string of the molecule is CN1CCN(NC(=O)C2CCN(c3ccc(-c4ccncc4)nn3)CC2)CC1. The third-order valence-corrected chi connectivity index (χ3v) is 5.59. The number of piperidine rings is 1. The number of anilines is 1. The Morgan fingerprint density at radius 3 is 2.32 bits per heavy atom. The molecule has 4 heterocycles. The molecule has 148 valence electrons. The largest absolute Gasteiger partial charge is 0.355 e. The van der Waals surface area contributed by atoms with Crippen molar-refractivity contribution in [2.45, 2.75) is 12.8 Å². The van der Waals surface area contributed by atoms with E-state index in [0.29, 0.717) is 0 Å². The average molecular weight is 381 g/mol. The summed E-state index contributed by atoms with van der Waals surface area (Å²) in [5, 5.41) is 10.8. The maximum Gasteiger partial charge on any atom is 0.237 e. The molecule has 0 bridgehead atoms. The molecular weight excluding hydrogens is 354 g/mol. The lowest BCUT2D eigenvalue weighted by Gasteiger charge is -2.35. The lowest BCUT2D eigenvalue weighted by Crippen LogP contribution is -2.54. The fourth-order valence-electron chi connectivity index (χ4n) is 3.71. The molecule has 2 fully saturated rings. The predicted molar refractivity (Wildman–Crippen MR) is 107 cm³/mol. The van der Waals surface area contributed by atoms with Crippen LogP contribution in [-0.4, -0.2) is 77.3 Å². The van der Waals surface area contributed by atoms with Crippen molar-refractivity contribution in [1.82, 2.24) is 30.5 Å². The number of nitrogens with one attached hydrogen (secondary N) is 1. The molecule has 4 rings (SSSR count). The Morgan fingerprint density at radius 1 is 0.964 bits per heavy atom. The van der Waals surface area contributed by atoms with Crippen LogP contribution in [0.4, 0.5) is 5.82 Å². The van der Waals surface area contributed by atoms with Gasteiger partial charge in [-0.25, -0.2) is 5.01 Å². The van der Waals surface area contributed by atoms with Crippen molar-refractivity contribution in [2.75, 3.05) is 51.2 Å². The Morgan fingerprint density at radius 2 is 1.68 bits per heavy atom. The second kappa shape index (κ2) is 8.62. The minimum absolute atomic E-state index is 0.0694. The Labute approximate surface area is 165 Å². The average Bonchev–Trinajstić information content (AvgIpc) is 2.76. The Balaban J connectivity index is 1.28. The van der Waals surface area contributed by atoms with E-state index in [0.717, 1.165) is 69.2 Å². The number of piperazine rings is 1. The van der Waals surface area contributed by atoms with Crippen LogP contribution in [0, 0.1) is 5.92 Å². The minimum Gasteiger partial charge on any atom is -0.355 e. The molecule has 2 aromatic heterocycles. The summed E-state index contributed by atoms with van der Waals surface area (Å²) in [7, 11) is 2.11. The van der Waals surface area contributed by atoms with Crippen molar-refractivity contribution in [2.24, 2.45) is 5.92 Å². The number of aromatic nitrogens is 3. The van der Waals surface area contributed by atoms with Crippen LogP contribution in [0.2, 0.25) is 0 Å². The van der Waals surface area contributed by atoms with Gasteiger partial charge >= 0.3 is 0 Å². The predicted octanol–water partition coefficient (Wildman–Crippen LogP) is 1.03. The van der Waals surface area contributed by atoms with Crippen molar-refractivity contribution in [3.63, 3.8) is 0 Å². The van der Waals surface area contributed by atoms with E-state index in [1.54, 1.807) is 12.4 Å². The molecule has 2 saturated heterocycles.